The first-order valence-corrected chi connectivity index (χ1v) is 7.88. The Morgan fingerprint density at radius 2 is 1.78 bits per heavy atom. The summed E-state index contributed by atoms with van der Waals surface area (Å²) >= 11 is 0. The van der Waals surface area contributed by atoms with Crippen molar-refractivity contribution in [2.45, 2.75) is 26.4 Å². The molecule has 0 aliphatic rings. The number of benzene rings is 2. The van der Waals surface area contributed by atoms with Crippen LogP contribution in [-0.4, -0.2) is 25.2 Å². The molecule has 4 nitrogen and oxygen atoms in total. The highest BCUT2D eigenvalue weighted by Crippen LogP contribution is 2.21. The van der Waals surface area contributed by atoms with Gasteiger partial charge in [0.1, 0.15) is 11.5 Å². The van der Waals surface area contributed by atoms with Gasteiger partial charge in [-0.25, -0.2) is 0 Å². The fraction of sp³-hybridized carbons (Fsp3) is 0.316. The molecule has 1 N–H and O–H groups in total. The summed E-state index contributed by atoms with van der Waals surface area (Å²) in [6.07, 6.45) is 1.02. The lowest BCUT2D eigenvalue weighted by molar-refractivity contribution is 0.0757. The zero-order valence-corrected chi connectivity index (χ0v) is 13.6. The lowest BCUT2D eigenvalue weighted by Gasteiger charge is -2.09. The van der Waals surface area contributed by atoms with E-state index in [1.54, 1.807) is 12.1 Å². The molecular weight excluding hydrogens is 290 g/mol. The van der Waals surface area contributed by atoms with Crippen molar-refractivity contribution in [1.82, 2.24) is 5.32 Å². The Morgan fingerprint density at radius 1 is 1.04 bits per heavy atom. The third-order valence-electron chi connectivity index (χ3n) is 3.13. The van der Waals surface area contributed by atoms with Gasteiger partial charge in [-0.1, -0.05) is 24.3 Å². The third-order valence-corrected chi connectivity index (χ3v) is 3.13. The molecule has 0 saturated carbocycles. The van der Waals surface area contributed by atoms with Crippen molar-refractivity contribution in [1.29, 1.82) is 0 Å². The van der Waals surface area contributed by atoms with E-state index in [0.29, 0.717) is 24.5 Å². The fourth-order valence-electron chi connectivity index (χ4n) is 2.02. The van der Waals surface area contributed by atoms with E-state index >= 15 is 0 Å². The minimum Gasteiger partial charge on any atom is -0.457 e. The van der Waals surface area contributed by atoms with Gasteiger partial charge in [0, 0.05) is 18.7 Å². The van der Waals surface area contributed by atoms with Crippen molar-refractivity contribution < 1.29 is 14.3 Å². The van der Waals surface area contributed by atoms with Gasteiger partial charge in [0.05, 0.1) is 6.10 Å². The molecule has 0 atom stereocenters. The summed E-state index contributed by atoms with van der Waals surface area (Å²) < 4.78 is 11.2. The molecule has 23 heavy (non-hydrogen) atoms. The predicted octanol–water partition coefficient (Wildman–Crippen LogP) is 4.02. The highest BCUT2D eigenvalue weighted by atomic mass is 16.5. The number of nitrogens with one attached hydrogen (secondary N) is 1. The first kappa shape index (κ1) is 17.0. The van der Waals surface area contributed by atoms with Gasteiger partial charge in [-0.2, -0.15) is 0 Å². The Bertz CT molecular complexity index is 611. The van der Waals surface area contributed by atoms with Gasteiger partial charge in [-0.05, 0) is 50.6 Å². The van der Waals surface area contributed by atoms with E-state index in [1.807, 2.05) is 56.3 Å². The smallest absolute Gasteiger partial charge is 0.251 e. The molecule has 0 aliphatic heterocycles. The normalized spacial score (nSPS) is 10.6. The quantitative estimate of drug-likeness (QED) is 0.749. The lowest BCUT2D eigenvalue weighted by atomic mass is 10.2. The molecule has 4 heteroatoms. The van der Waals surface area contributed by atoms with Crippen molar-refractivity contribution in [2.75, 3.05) is 13.2 Å². The summed E-state index contributed by atoms with van der Waals surface area (Å²) in [5, 5.41) is 2.89. The van der Waals surface area contributed by atoms with Gasteiger partial charge in [-0.3, -0.25) is 4.79 Å². The maximum atomic E-state index is 12.1. The average Bonchev–Trinajstić information content (AvgIpc) is 2.55. The first-order valence-electron chi connectivity index (χ1n) is 7.88. The van der Waals surface area contributed by atoms with Crippen molar-refractivity contribution >= 4 is 5.91 Å². The minimum atomic E-state index is -0.104. The van der Waals surface area contributed by atoms with E-state index in [-0.39, 0.29) is 12.0 Å². The van der Waals surface area contributed by atoms with Crippen LogP contribution in [-0.2, 0) is 4.74 Å². The van der Waals surface area contributed by atoms with Crippen molar-refractivity contribution in [2.24, 2.45) is 0 Å². The van der Waals surface area contributed by atoms with Crippen LogP contribution in [0.3, 0.4) is 0 Å². The Hall–Kier alpha value is -2.33. The second-order valence-electron chi connectivity index (χ2n) is 5.47. The number of hydrogen-bond acceptors (Lipinski definition) is 3. The highest BCUT2D eigenvalue weighted by Gasteiger charge is 2.06. The molecular formula is C19H23NO3. The van der Waals surface area contributed by atoms with Crippen molar-refractivity contribution in [3.63, 3.8) is 0 Å². The van der Waals surface area contributed by atoms with Gasteiger partial charge >= 0.3 is 0 Å². The van der Waals surface area contributed by atoms with Crippen LogP contribution in [0.2, 0.25) is 0 Å². The van der Waals surface area contributed by atoms with Crippen LogP contribution < -0.4 is 10.1 Å². The summed E-state index contributed by atoms with van der Waals surface area (Å²) in [4.78, 5) is 12.1. The molecule has 0 aromatic heterocycles. The summed E-state index contributed by atoms with van der Waals surface area (Å²) in [6, 6.07) is 16.7. The second kappa shape index (κ2) is 8.96. The molecule has 0 aliphatic carbocycles. The maximum absolute atomic E-state index is 12.1. The summed E-state index contributed by atoms with van der Waals surface area (Å²) in [7, 11) is 0. The van der Waals surface area contributed by atoms with Gasteiger partial charge in [0.25, 0.3) is 5.91 Å². The van der Waals surface area contributed by atoms with Crippen LogP contribution in [0.5, 0.6) is 11.5 Å². The number of ether oxygens (including phenoxy) is 2. The van der Waals surface area contributed by atoms with Gasteiger partial charge < -0.3 is 14.8 Å². The first-order chi connectivity index (χ1) is 11.1. The third kappa shape index (κ3) is 6.12. The van der Waals surface area contributed by atoms with Crippen LogP contribution in [0, 0.1) is 0 Å². The van der Waals surface area contributed by atoms with E-state index in [4.69, 9.17) is 9.47 Å². The Balaban J connectivity index is 1.85. The number of carbonyl (C=O) groups is 1. The van der Waals surface area contributed by atoms with Crippen molar-refractivity contribution in [3.8, 4) is 11.5 Å². The summed E-state index contributed by atoms with van der Waals surface area (Å²) in [5.41, 5.74) is 0.586. The molecule has 2 aromatic carbocycles. The van der Waals surface area contributed by atoms with Crippen LogP contribution in [0.4, 0.5) is 0 Å². The SMILES string of the molecule is CC(C)OCCCNC(=O)c1cccc(Oc2ccccc2)c1. The molecule has 0 heterocycles. The van der Waals surface area contributed by atoms with Crippen LogP contribution >= 0.6 is 0 Å². The number of hydrogen-bond donors (Lipinski definition) is 1. The monoisotopic (exact) mass is 313 g/mol. The molecule has 0 radical (unpaired) electrons. The minimum absolute atomic E-state index is 0.104. The highest BCUT2D eigenvalue weighted by molar-refractivity contribution is 5.94. The zero-order chi connectivity index (χ0) is 16.5. The number of rotatable bonds is 8. The zero-order valence-electron chi connectivity index (χ0n) is 13.6. The van der Waals surface area contributed by atoms with Gasteiger partial charge in [-0.15, -0.1) is 0 Å². The molecule has 0 spiro atoms. The molecule has 2 aromatic rings. The lowest BCUT2D eigenvalue weighted by Crippen LogP contribution is -2.25. The summed E-state index contributed by atoms with van der Waals surface area (Å²) in [5.74, 6) is 1.29. The van der Waals surface area contributed by atoms with E-state index < -0.39 is 0 Å². The standard InChI is InChI=1S/C19H23NO3/c1-15(2)22-13-7-12-20-19(21)16-8-6-11-18(14-16)23-17-9-4-3-5-10-17/h3-6,8-11,14-15H,7,12-13H2,1-2H3,(H,20,21). The molecule has 1 amide bonds. The molecule has 0 fully saturated rings. The van der Waals surface area contributed by atoms with Crippen LogP contribution in [0.15, 0.2) is 54.6 Å². The number of amides is 1. The second-order valence-corrected chi connectivity index (χ2v) is 5.47. The molecule has 0 bridgehead atoms. The number of para-hydroxylation sites is 1. The van der Waals surface area contributed by atoms with Crippen LogP contribution in [0.1, 0.15) is 30.6 Å². The van der Waals surface area contributed by atoms with E-state index in [2.05, 4.69) is 5.32 Å². The molecule has 122 valence electrons. The fourth-order valence-corrected chi connectivity index (χ4v) is 2.02. The Labute approximate surface area is 137 Å². The van der Waals surface area contributed by atoms with E-state index in [1.165, 1.54) is 0 Å². The molecule has 0 unspecified atom stereocenters. The predicted molar refractivity (Wildman–Crippen MR) is 91.0 cm³/mol. The topological polar surface area (TPSA) is 47.6 Å². The Morgan fingerprint density at radius 3 is 2.52 bits per heavy atom. The Kier molecular flexibility index (Phi) is 6.63. The number of carbonyl (C=O) groups excluding carboxylic acids is 1. The average molecular weight is 313 g/mol. The largest absolute Gasteiger partial charge is 0.457 e. The van der Waals surface area contributed by atoms with Crippen LogP contribution in [0.25, 0.3) is 0 Å². The van der Waals surface area contributed by atoms with Gasteiger partial charge in [0.15, 0.2) is 0 Å². The van der Waals surface area contributed by atoms with E-state index in [0.717, 1.165) is 12.2 Å². The maximum Gasteiger partial charge on any atom is 0.251 e. The van der Waals surface area contributed by atoms with Gasteiger partial charge in [0.2, 0.25) is 0 Å². The van der Waals surface area contributed by atoms with Crippen molar-refractivity contribution in [3.05, 3.63) is 60.2 Å². The molecule has 0 saturated heterocycles. The van der Waals surface area contributed by atoms with E-state index in [9.17, 15) is 4.79 Å². The molecule has 2 rings (SSSR count). The summed E-state index contributed by atoms with van der Waals surface area (Å²) in [6.45, 7) is 5.23.